The maximum absolute atomic E-state index is 13.8. The molecule has 1 fully saturated rings. The Morgan fingerprint density at radius 2 is 2.06 bits per heavy atom. The van der Waals surface area contributed by atoms with Gasteiger partial charge in [-0.1, -0.05) is 19.9 Å². The van der Waals surface area contributed by atoms with Crippen LogP contribution in [0.4, 0.5) is 10.1 Å². The molecule has 3 unspecified atom stereocenters. The number of piperidine rings is 1. The summed E-state index contributed by atoms with van der Waals surface area (Å²) in [5, 5.41) is 0. The standard InChI is InChI=1S/C15H23FN2/c1-10-7-11(2)12(3)18(9-10)15-6-4-5-14(16)13(15)8-17/h4-6,10-12H,7-9,17H2,1-3H3. The summed E-state index contributed by atoms with van der Waals surface area (Å²) in [6.45, 7) is 8.00. The van der Waals surface area contributed by atoms with Crippen molar-refractivity contribution in [2.24, 2.45) is 17.6 Å². The highest BCUT2D eigenvalue weighted by Gasteiger charge is 2.30. The van der Waals surface area contributed by atoms with Crippen molar-refractivity contribution >= 4 is 5.69 Å². The molecule has 100 valence electrons. The second-order valence-electron chi connectivity index (χ2n) is 5.65. The second kappa shape index (κ2) is 5.27. The van der Waals surface area contributed by atoms with Crippen LogP contribution in [0, 0.1) is 17.7 Å². The van der Waals surface area contributed by atoms with E-state index in [0.717, 1.165) is 12.2 Å². The normalized spacial score (nSPS) is 28.5. The summed E-state index contributed by atoms with van der Waals surface area (Å²) in [7, 11) is 0. The van der Waals surface area contributed by atoms with Crippen LogP contribution >= 0.6 is 0 Å². The van der Waals surface area contributed by atoms with Crippen LogP contribution in [0.1, 0.15) is 32.8 Å². The molecule has 1 aromatic carbocycles. The van der Waals surface area contributed by atoms with Gasteiger partial charge in [-0.25, -0.2) is 4.39 Å². The lowest BCUT2D eigenvalue weighted by Crippen LogP contribution is -2.46. The zero-order chi connectivity index (χ0) is 13.3. The number of hydrogen-bond acceptors (Lipinski definition) is 2. The van der Waals surface area contributed by atoms with Crippen LogP contribution in [0.25, 0.3) is 0 Å². The van der Waals surface area contributed by atoms with Crippen LogP contribution in [-0.2, 0) is 6.54 Å². The fourth-order valence-electron chi connectivity index (χ4n) is 3.05. The number of halogens is 1. The van der Waals surface area contributed by atoms with Gasteiger partial charge in [-0.05, 0) is 37.3 Å². The quantitative estimate of drug-likeness (QED) is 0.873. The summed E-state index contributed by atoms with van der Waals surface area (Å²) in [6, 6.07) is 5.70. The van der Waals surface area contributed by atoms with E-state index < -0.39 is 0 Å². The minimum absolute atomic E-state index is 0.187. The van der Waals surface area contributed by atoms with Crippen molar-refractivity contribution in [3.8, 4) is 0 Å². The third kappa shape index (κ3) is 2.37. The van der Waals surface area contributed by atoms with E-state index >= 15 is 0 Å². The average molecular weight is 250 g/mol. The lowest BCUT2D eigenvalue weighted by atomic mass is 9.85. The summed E-state index contributed by atoms with van der Waals surface area (Å²) < 4.78 is 13.8. The van der Waals surface area contributed by atoms with E-state index in [4.69, 9.17) is 5.73 Å². The number of nitrogens with two attached hydrogens (primary N) is 1. The molecule has 0 amide bonds. The molecule has 0 bridgehead atoms. The van der Waals surface area contributed by atoms with Crippen molar-refractivity contribution in [1.82, 2.24) is 0 Å². The van der Waals surface area contributed by atoms with Gasteiger partial charge in [-0.15, -0.1) is 0 Å². The first kappa shape index (κ1) is 13.3. The van der Waals surface area contributed by atoms with Gasteiger partial charge in [-0.2, -0.15) is 0 Å². The van der Waals surface area contributed by atoms with Gasteiger partial charge in [0.1, 0.15) is 5.82 Å². The summed E-state index contributed by atoms with van der Waals surface area (Å²) in [6.07, 6.45) is 1.24. The van der Waals surface area contributed by atoms with Gasteiger partial charge in [0.15, 0.2) is 0 Å². The lowest BCUT2D eigenvalue weighted by Gasteiger charge is -2.43. The molecule has 1 saturated heterocycles. The molecule has 3 atom stereocenters. The molecule has 1 aliphatic rings. The second-order valence-corrected chi connectivity index (χ2v) is 5.65. The molecule has 0 spiro atoms. The van der Waals surface area contributed by atoms with E-state index in [2.05, 4.69) is 25.7 Å². The minimum Gasteiger partial charge on any atom is -0.368 e. The fourth-order valence-corrected chi connectivity index (χ4v) is 3.05. The highest BCUT2D eigenvalue weighted by Crippen LogP contribution is 2.33. The highest BCUT2D eigenvalue weighted by molar-refractivity contribution is 5.55. The van der Waals surface area contributed by atoms with Gasteiger partial charge in [0, 0.05) is 30.4 Å². The third-order valence-corrected chi connectivity index (χ3v) is 4.21. The third-order valence-electron chi connectivity index (χ3n) is 4.21. The Labute approximate surface area is 109 Å². The Morgan fingerprint density at radius 3 is 2.72 bits per heavy atom. The monoisotopic (exact) mass is 250 g/mol. The zero-order valence-electron chi connectivity index (χ0n) is 11.5. The molecule has 1 aromatic rings. The molecule has 3 heteroatoms. The summed E-state index contributed by atoms with van der Waals surface area (Å²) in [5.74, 6) is 1.08. The first-order valence-electron chi connectivity index (χ1n) is 6.78. The van der Waals surface area contributed by atoms with Crippen LogP contribution in [0.15, 0.2) is 18.2 Å². The van der Waals surface area contributed by atoms with Crippen molar-refractivity contribution in [2.45, 2.75) is 39.8 Å². The number of anilines is 1. The molecule has 0 aliphatic carbocycles. The van der Waals surface area contributed by atoms with Gasteiger partial charge < -0.3 is 10.6 Å². The van der Waals surface area contributed by atoms with Crippen LogP contribution in [0.5, 0.6) is 0 Å². The summed E-state index contributed by atoms with van der Waals surface area (Å²) >= 11 is 0. The molecule has 0 radical (unpaired) electrons. The van der Waals surface area contributed by atoms with Crippen molar-refractivity contribution in [1.29, 1.82) is 0 Å². The van der Waals surface area contributed by atoms with E-state index in [-0.39, 0.29) is 12.4 Å². The van der Waals surface area contributed by atoms with Crippen LogP contribution in [0.3, 0.4) is 0 Å². The number of benzene rings is 1. The van der Waals surface area contributed by atoms with Gasteiger partial charge in [0.25, 0.3) is 0 Å². The fraction of sp³-hybridized carbons (Fsp3) is 0.600. The maximum atomic E-state index is 13.8. The van der Waals surface area contributed by atoms with E-state index in [0.29, 0.717) is 23.4 Å². The van der Waals surface area contributed by atoms with Crippen molar-refractivity contribution in [3.05, 3.63) is 29.6 Å². The summed E-state index contributed by atoms with van der Waals surface area (Å²) in [5.41, 5.74) is 7.33. The largest absolute Gasteiger partial charge is 0.368 e. The van der Waals surface area contributed by atoms with Crippen LogP contribution in [-0.4, -0.2) is 12.6 Å². The number of nitrogens with zero attached hydrogens (tertiary/aromatic N) is 1. The average Bonchev–Trinajstić information content (AvgIpc) is 2.33. The maximum Gasteiger partial charge on any atom is 0.129 e. The Kier molecular flexibility index (Phi) is 3.91. The predicted molar refractivity (Wildman–Crippen MR) is 74.0 cm³/mol. The molecule has 2 rings (SSSR count). The smallest absolute Gasteiger partial charge is 0.129 e. The Balaban J connectivity index is 2.38. The molecule has 0 saturated carbocycles. The van der Waals surface area contributed by atoms with E-state index in [1.807, 2.05) is 6.07 Å². The van der Waals surface area contributed by atoms with Crippen molar-refractivity contribution < 1.29 is 4.39 Å². The molecule has 1 aliphatic heterocycles. The molecular weight excluding hydrogens is 227 g/mol. The molecular formula is C15H23FN2. The Bertz CT molecular complexity index is 419. The van der Waals surface area contributed by atoms with E-state index in [1.54, 1.807) is 6.07 Å². The number of hydrogen-bond donors (Lipinski definition) is 1. The van der Waals surface area contributed by atoms with E-state index in [9.17, 15) is 4.39 Å². The van der Waals surface area contributed by atoms with Gasteiger partial charge in [0.05, 0.1) is 0 Å². The molecule has 2 nitrogen and oxygen atoms in total. The topological polar surface area (TPSA) is 29.3 Å². The Morgan fingerprint density at radius 1 is 1.33 bits per heavy atom. The molecule has 1 heterocycles. The van der Waals surface area contributed by atoms with Gasteiger partial charge in [0.2, 0.25) is 0 Å². The van der Waals surface area contributed by atoms with Crippen molar-refractivity contribution in [3.63, 3.8) is 0 Å². The minimum atomic E-state index is -0.187. The van der Waals surface area contributed by atoms with Crippen molar-refractivity contribution in [2.75, 3.05) is 11.4 Å². The zero-order valence-corrected chi connectivity index (χ0v) is 11.5. The van der Waals surface area contributed by atoms with Gasteiger partial charge >= 0.3 is 0 Å². The first-order valence-corrected chi connectivity index (χ1v) is 6.78. The molecule has 0 aromatic heterocycles. The van der Waals surface area contributed by atoms with Crippen LogP contribution in [0.2, 0.25) is 0 Å². The summed E-state index contributed by atoms with van der Waals surface area (Å²) in [4.78, 5) is 2.32. The van der Waals surface area contributed by atoms with Crippen LogP contribution < -0.4 is 10.6 Å². The Hall–Kier alpha value is -1.09. The first-order chi connectivity index (χ1) is 8.54. The predicted octanol–water partition coefficient (Wildman–Crippen LogP) is 3.16. The molecule has 18 heavy (non-hydrogen) atoms. The number of rotatable bonds is 2. The van der Waals surface area contributed by atoms with E-state index in [1.165, 1.54) is 12.5 Å². The highest BCUT2D eigenvalue weighted by atomic mass is 19.1. The lowest BCUT2D eigenvalue weighted by molar-refractivity contribution is 0.296. The SMILES string of the molecule is CC1CC(C)C(C)N(c2cccc(F)c2CN)C1. The van der Waals surface area contributed by atoms with Gasteiger partial charge in [-0.3, -0.25) is 0 Å². The molecule has 2 N–H and O–H groups in total.